The second-order valence-corrected chi connectivity index (χ2v) is 10.8. The fourth-order valence-electron chi connectivity index (χ4n) is 3.06. The van der Waals surface area contributed by atoms with Gasteiger partial charge in [0.05, 0.1) is 0 Å². The van der Waals surface area contributed by atoms with Crippen molar-refractivity contribution in [2.75, 3.05) is 11.9 Å². The number of hydrogen-bond donors (Lipinski definition) is 0. The molecule has 0 spiro atoms. The molecule has 0 heterocycles. The molecule has 0 aliphatic rings. The Hall–Kier alpha value is -2.09. The van der Waals surface area contributed by atoms with Gasteiger partial charge in [0.25, 0.3) is 0 Å². The largest absolute Gasteiger partial charge is 0.451 e. The van der Waals surface area contributed by atoms with Gasteiger partial charge in [-0.25, -0.2) is 9.59 Å². The number of esters is 2. The van der Waals surface area contributed by atoms with Crippen LogP contribution < -0.4 is 0 Å². The molecule has 0 saturated carbocycles. The second-order valence-electron chi connectivity index (χ2n) is 7.82. The van der Waals surface area contributed by atoms with Crippen molar-refractivity contribution in [1.29, 1.82) is 0 Å². The third-order valence-electron chi connectivity index (χ3n) is 4.59. The number of carbonyl (C=O) groups is 2. The maximum atomic E-state index is 11.6. The molecule has 0 unspecified atom stereocenters. The van der Waals surface area contributed by atoms with Crippen LogP contribution in [0.2, 0.25) is 0 Å². The van der Waals surface area contributed by atoms with E-state index in [9.17, 15) is 9.59 Å². The van der Waals surface area contributed by atoms with Crippen LogP contribution in [0.15, 0.2) is 68.2 Å². The standard InChI is InChI=1S/C26H30O4S3/c1-15(2)25(27)29-13-31-23-17(5)9-21(10-18(23)6)33-22-11-19(7)24(20(8)12-22)32-14-30-26(28)16(3)4/h9-12H,1,3,13-14H2,2,4-8H3. The highest BCUT2D eigenvalue weighted by Gasteiger charge is 2.12. The molecule has 0 fully saturated rings. The third kappa shape index (κ3) is 8.02. The Labute approximate surface area is 209 Å². The van der Waals surface area contributed by atoms with Crippen LogP contribution in [0.3, 0.4) is 0 Å². The summed E-state index contributed by atoms with van der Waals surface area (Å²) in [6, 6.07) is 8.63. The van der Waals surface area contributed by atoms with Crippen molar-refractivity contribution in [2.45, 2.75) is 61.1 Å². The van der Waals surface area contributed by atoms with E-state index < -0.39 is 0 Å². The molecule has 2 aromatic carbocycles. The Morgan fingerprint density at radius 1 is 0.697 bits per heavy atom. The predicted octanol–water partition coefficient (Wildman–Crippen LogP) is 7.41. The minimum Gasteiger partial charge on any atom is -0.451 e. The van der Waals surface area contributed by atoms with Crippen molar-refractivity contribution < 1.29 is 19.1 Å². The van der Waals surface area contributed by atoms with Crippen LogP contribution in [0.5, 0.6) is 0 Å². The normalized spacial score (nSPS) is 10.6. The first-order valence-electron chi connectivity index (χ1n) is 10.3. The highest BCUT2D eigenvalue weighted by Crippen LogP contribution is 2.37. The van der Waals surface area contributed by atoms with E-state index in [1.807, 2.05) is 0 Å². The maximum absolute atomic E-state index is 11.6. The van der Waals surface area contributed by atoms with Gasteiger partial charge in [0.15, 0.2) is 0 Å². The van der Waals surface area contributed by atoms with Gasteiger partial charge >= 0.3 is 11.9 Å². The molecule has 0 saturated heterocycles. The summed E-state index contributed by atoms with van der Waals surface area (Å²) in [5.41, 5.74) is 5.39. The monoisotopic (exact) mass is 502 g/mol. The zero-order chi connectivity index (χ0) is 24.7. The summed E-state index contributed by atoms with van der Waals surface area (Å²) in [7, 11) is 0. The first kappa shape index (κ1) is 27.2. The molecular weight excluding hydrogens is 472 g/mol. The molecule has 4 nitrogen and oxygen atoms in total. The Balaban J connectivity index is 2.07. The number of hydrogen-bond acceptors (Lipinski definition) is 7. The highest BCUT2D eigenvalue weighted by molar-refractivity contribution is 8.00. The first-order valence-corrected chi connectivity index (χ1v) is 13.1. The molecule has 0 radical (unpaired) electrons. The molecule has 0 aliphatic heterocycles. The lowest BCUT2D eigenvalue weighted by Crippen LogP contribution is -2.04. The molecule has 7 heteroatoms. The number of aryl methyl sites for hydroxylation is 4. The van der Waals surface area contributed by atoms with Gasteiger partial charge in [0, 0.05) is 30.7 Å². The molecule has 0 amide bonds. The molecule has 0 aliphatic carbocycles. The molecule has 0 aromatic heterocycles. The van der Waals surface area contributed by atoms with Gasteiger partial charge in [0.1, 0.15) is 11.9 Å². The van der Waals surface area contributed by atoms with E-state index in [0.717, 1.165) is 41.8 Å². The summed E-state index contributed by atoms with van der Waals surface area (Å²) in [5, 5.41) is 0. The Bertz CT molecular complexity index is 957. The van der Waals surface area contributed by atoms with E-state index in [4.69, 9.17) is 9.47 Å². The van der Waals surface area contributed by atoms with Gasteiger partial charge in [-0.2, -0.15) is 0 Å². The predicted molar refractivity (Wildman–Crippen MR) is 139 cm³/mol. The summed E-state index contributed by atoms with van der Waals surface area (Å²) >= 11 is 4.74. The minimum absolute atomic E-state index is 0.263. The Morgan fingerprint density at radius 3 is 1.27 bits per heavy atom. The van der Waals surface area contributed by atoms with E-state index >= 15 is 0 Å². The molecule has 2 rings (SSSR count). The fraction of sp³-hybridized carbons (Fsp3) is 0.308. The van der Waals surface area contributed by atoms with Crippen LogP contribution in [0.4, 0.5) is 0 Å². The van der Waals surface area contributed by atoms with E-state index in [1.54, 1.807) is 25.6 Å². The summed E-state index contributed by atoms with van der Waals surface area (Å²) in [6.45, 7) is 18.8. The topological polar surface area (TPSA) is 52.6 Å². The number of rotatable bonds is 10. The van der Waals surface area contributed by atoms with Crippen LogP contribution in [0, 0.1) is 27.7 Å². The molecule has 33 heavy (non-hydrogen) atoms. The van der Waals surface area contributed by atoms with Crippen LogP contribution in [0.1, 0.15) is 36.1 Å². The van der Waals surface area contributed by atoms with Gasteiger partial charge in [0.2, 0.25) is 0 Å². The molecular formula is C26H30O4S3. The van der Waals surface area contributed by atoms with E-state index in [-0.39, 0.29) is 23.8 Å². The average Bonchev–Trinajstić information content (AvgIpc) is 2.71. The van der Waals surface area contributed by atoms with Gasteiger partial charge < -0.3 is 9.47 Å². The van der Waals surface area contributed by atoms with Crippen molar-refractivity contribution in [3.05, 3.63) is 70.8 Å². The summed E-state index contributed by atoms with van der Waals surface area (Å²) in [5.74, 6) is -0.212. The lowest BCUT2D eigenvalue weighted by atomic mass is 10.1. The zero-order valence-corrected chi connectivity index (χ0v) is 22.4. The molecule has 0 N–H and O–H groups in total. The molecule has 0 atom stereocenters. The average molecular weight is 503 g/mol. The van der Waals surface area contributed by atoms with Crippen LogP contribution in [0.25, 0.3) is 0 Å². The summed E-state index contributed by atoms with van der Waals surface area (Å²) in [6.07, 6.45) is 0. The number of benzene rings is 2. The van der Waals surface area contributed by atoms with Crippen LogP contribution in [-0.4, -0.2) is 23.8 Å². The van der Waals surface area contributed by atoms with Gasteiger partial charge in [-0.15, -0.1) is 0 Å². The maximum Gasteiger partial charge on any atom is 0.333 e. The fourth-order valence-corrected chi connectivity index (χ4v) is 5.99. The SMILES string of the molecule is C=C(C)C(=O)OCSc1c(C)cc(Sc2cc(C)c(SCOC(=O)C(=C)C)c(C)c2)cc1C. The van der Waals surface area contributed by atoms with Crippen molar-refractivity contribution in [2.24, 2.45) is 0 Å². The quantitative estimate of drug-likeness (QED) is 0.145. The highest BCUT2D eigenvalue weighted by atomic mass is 32.2. The van der Waals surface area contributed by atoms with Crippen LogP contribution in [-0.2, 0) is 19.1 Å². The van der Waals surface area contributed by atoms with E-state index in [1.165, 1.54) is 23.5 Å². The Morgan fingerprint density at radius 2 is 1.00 bits per heavy atom. The lowest BCUT2D eigenvalue weighted by Gasteiger charge is -2.14. The molecule has 0 bridgehead atoms. The van der Waals surface area contributed by atoms with Crippen molar-refractivity contribution >= 4 is 47.2 Å². The third-order valence-corrected chi connectivity index (χ3v) is 7.87. The smallest absolute Gasteiger partial charge is 0.333 e. The van der Waals surface area contributed by atoms with Crippen molar-refractivity contribution in [3.63, 3.8) is 0 Å². The van der Waals surface area contributed by atoms with Crippen molar-refractivity contribution in [1.82, 2.24) is 0 Å². The zero-order valence-electron chi connectivity index (χ0n) is 20.0. The molecule has 2 aromatic rings. The second kappa shape index (κ2) is 12.4. The van der Waals surface area contributed by atoms with E-state index in [2.05, 4.69) is 65.1 Å². The minimum atomic E-state index is -0.369. The number of ether oxygens (including phenoxy) is 2. The Kier molecular flexibility index (Phi) is 10.2. The number of carbonyl (C=O) groups excluding carboxylic acids is 2. The first-order chi connectivity index (χ1) is 15.5. The summed E-state index contributed by atoms with van der Waals surface area (Å²) in [4.78, 5) is 27.7. The summed E-state index contributed by atoms with van der Waals surface area (Å²) < 4.78 is 10.4. The van der Waals surface area contributed by atoms with Gasteiger partial charge in [-0.1, -0.05) is 48.4 Å². The van der Waals surface area contributed by atoms with Crippen LogP contribution >= 0.6 is 35.3 Å². The lowest BCUT2D eigenvalue weighted by molar-refractivity contribution is -0.137. The van der Waals surface area contributed by atoms with Gasteiger partial charge in [-0.05, 0) is 88.1 Å². The molecule has 176 valence electrons. The van der Waals surface area contributed by atoms with Gasteiger partial charge in [-0.3, -0.25) is 0 Å². The van der Waals surface area contributed by atoms with E-state index in [0.29, 0.717) is 11.1 Å². The van der Waals surface area contributed by atoms with Crippen molar-refractivity contribution in [3.8, 4) is 0 Å². The number of thioether (sulfide) groups is 2.